The lowest BCUT2D eigenvalue weighted by Crippen LogP contribution is -2.42. The van der Waals surface area contributed by atoms with E-state index in [1.807, 2.05) is 36.1 Å². The molecule has 0 aliphatic carbocycles. The number of carbonyl (C=O) groups excluding carboxylic acids is 1. The number of nitrogens with zero attached hydrogens (tertiary/aromatic N) is 3. The molecule has 2 aliphatic rings. The van der Waals surface area contributed by atoms with Gasteiger partial charge in [0.25, 0.3) is 5.91 Å². The summed E-state index contributed by atoms with van der Waals surface area (Å²) in [6, 6.07) is 11.8. The molecule has 6 nitrogen and oxygen atoms in total. The van der Waals surface area contributed by atoms with Gasteiger partial charge in [0.05, 0.1) is 18.8 Å². The van der Waals surface area contributed by atoms with Gasteiger partial charge in [0.2, 0.25) is 5.88 Å². The Kier molecular flexibility index (Phi) is 4.36. The standard InChI is InChI=1S/C19H21N3O3/c1-13-6-7-18(21-20-13)25-16-8-9-22(11-16)19(23)17-10-14-4-2-3-5-15(14)12-24-17/h2-7,16-17H,8-12H2,1H3/t16-,17-/m1/s1. The monoisotopic (exact) mass is 339 g/mol. The van der Waals surface area contributed by atoms with Crippen molar-refractivity contribution < 1.29 is 14.3 Å². The van der Waals surface area contributed by atoms with E-state index in [4.69, 9.17) is 9.47 Å². The van der Waals surface area contributed by atoms with Crippen LogP contribution in [0.3, 0.4) is 0 Å². The molecule has 130 valence electrons. The van der Waals surface area contributed by atoms with Crippen LogP contribution in [0.4, 0.5) is 0 Å². The lowest BCUT2D eigenvalue weighted by Gasteiger charge is -2.28. The Morgan fingerprint density at radius 3 is 2.84 bits per heavy atom. The van der Waals surface area contributed by atoms with E-state index in [1.165, 1.54) is 11.1 Å². The first kappa shape index (κ1) is 16.0. The van der Waals surface area contributed by atoms with E-state index in [2.05, 4.69) is 22.3 Å². The summed E-state index contributed by atoms with van der Waals surface area (Å²) < 4.78 is 11.6. The zero-order chi connectivity index (χ0) is 17.2. The smallest absolute Gasteiger partial charge is 0.252 e. The maximum Gasteiger partial charge on any atom is 0.252 e. The minimum Gasteiger partial charge on any atom is -0.471 e. The molecular formula is C19H21N3O3. The van der Waals surface area contributed by atoms with Crippen molar-refractivity contribution in [1.29, 1.82) is 0 Å². The lowest BCUT2D eigenvalue weighted by molar-refractivity contribution is -0.144. The van der Waals surface area contributed by atoms with Crippen molar-refractivity contribution in [3.8, 4) is 5.88 Å². The predicted molar refractivity (Wildman–Crippen MR) is 91.1 cm³/mol. The van der Waals surface area contributed by atoms with Gasteiger partial charge in [0.1, 0.15) is 12.2 Å². The van der Waals surface area contributed by atoms with Crippen LogP contribution in [-0.2, 0) is 22.6 Å². The van der Waals surface area contributed by atoms with Crippen LogP contribution in [0.1, 0.15) is 23.2 Å². The fourth-order valence-corrected chi connectivity index (χ4v) is 3.35. The highest BCUT2D eigenvalue weighted by atomic mass is 16.5. The van der Waals surface area contributed by atoms with Crippen LogP contribution in [0, 0.1) is 6.92 Å². The second kappa shape index (κ2) is 6.80. The largest absolute Gasteiger partial charge is 0.471 e. The van der Waals surface area contributed by atoms with Gasteiger partial charge >= 0.3 is 0 Å². The van der Waals surface area contributed by atoms with Crippen molar-refractivity contribution in [1.82, 2.24) is 15.1 Å². The molecule has 4 rings (SSSR count). The molecule has 3 heterocycles. The Labute approximate surface area is 146 Å². The Morgan fingerprint density at radius 2 is 2.04 bits per heavy atom. The molecule has 0 spiro atoms. The SMILES string of the molecule is Cc1ccc(O[C@@H]2CCN(C(=O)[C@H]3Cc4ccccc4CO3)C2)nn1. The summed E-state index contributed by atoms with van der Waals surface area (Å²) in [4.78, 5) is 14.6. The van der Waals surface area contributed by atoms with E-state index in [9.17, 15) is 4.79 Å². The molecule has 0 bridgehead atoms. The van der Waals surface area contributed by atoms with Gasteiger partial charge in [0, 0.05) is 25.5 Å². The number of aromatic nitrogens is 2. The fourth-order valence-electron chi connectivity index (χ4n) is 3.35. The van der Waals surface area contributed by atoms with Gasteiger partial charge in [-0.25, -0.2) is 0 Å². The molecule has 2 aromatic rings. The summed E-state index contributed by atoms with van der Waals surface area (Å²) in [5, 5.41) is 8.02. The third-order valence-electron chi connectivity index (χ3n) is 4.76. The molecule has 1 aromatic carbocycles. The maximum atomic E-state index is 12.8. The van der Waals surface area contributed by atoms with Crippen molar-refractivity contribution in [2.24, 2.45) is 0 Å². The third-order valence-corrected chi connectivity index (χ3v) is 4.76. The summed E-state index contributed by atoms with van der Waals surface area (Å²) in [6.45, 7) is 3.63. The first-order valence-electron chi connectivity index (χ1n) is 8.63. The van der Waals surface area contributed by atoms with E-state index in [0.29, 0.717) is 32.0 Å². The number of fused-ring (bicyclic) bond motifs is 1. The lowest BCUT2D eigenvalue weighted by atomic mass is 9.98. The highest BCUT2D eigenvalue weighted by molar-refractivity contribution is 5.82. The average molecular weight is 339 g/mol. The molecule has 1 amide bonds. The molecule has 0 N–H and O–H groups in total. The predicted octanol–water partition coefficient (Wildman–Crippen LogP) is 1.91. The van der Waals surface area contributed by atoms with Crippen molar-refractivity contribution >= 4 is 5.91 Å². The highest BCUT2D eigenvalue weighted by Gasteiger charge is 2.34. The number of ether oxygens (including phenoxy) is 2. The molecule has 1 saturated heterocycles. The molecule has 1 aromatic heterocycles. The topological polar surface area (TPSA) is 64.5 Å². The minimum absolute atomic E-state index is 0.0446. The van der Waals surface area contributed by atoms with E-state index in [0.717, 1.165) is 12.1 Å². The summed E-state index contributed by atoms with van der Waals surface area (Å²) in [7, 11) is 0. The van der Waals surface area contributed by atoms with Crippen LogP contribution < -0.4 is 4.74 Å². The number of likely N-dealkylation sites (tertiary alicyclic amines) is 1. The molecule has 0 radical (unpaired) electrons. The molecule has 2 aliphatic heterocycles. The number of benzene rings is 1. The van der Waals surface area contributed by atoms with Crippen LogP contribution >= 0.6 is 0 Å². The highest BCUT2D eigenvalue weighted by Crippen LogP contribution is 2.23. The Hall–Kier alpha value is -2.47. The molecular weight excluding hydrogens is 318 g/mol. The van der Waals surface area contributed by atoms with E-state index < -0.39 is 6.10 Å². The van der Waals surface area contributed by atoms with Gasteiger partial charge in [-0.1, -0.05) is 24.3 Å². The van der Waals surface area contributed by atoms with Crippen LogP contribution in [0.15, 0.2) is 36.4 Å². The van der Waals surface area contributed by atoms with Crippen molar-refractivity contribution in [3.05, 3.63) is 53.2 Å². The normalized spacial score (nSPS) is 22.5. The number of carbonyl (C=O) groups is 1. The minimum atomic E-state index is -0.396. The zero-order valence-corrected chi connectivity index (χ0v) is 14.2. The quantitative estimate of drug-likeness (QED) is 0.855. The summed E-state index contributed by atoms with van der Waals surface area (Å²) in [6.07, 6.45) is 0.995. The van der Waals surface area contributed by atoms with E-state index in [-0.39, 0.29) is 12.0 Å². The van der Waals surface area contributed by atoms with Crippen LogP contribution in [0.2, 0.25) is 0 Å². The van der Waals surface area contributed by atoms with Crippen LogP contribution in [-0.4, -0.2) is 46.3 Å². The van der Waals surface area contributed by atoms with Gasteiger partial charge in [-0.05, 0) is 24.1 Å². The van der Waals surface area contributed by atoms with Gasteiger partial charge in [-0.2, -0.15) is 5.10 Å². The second-order valence-corrected chi connectivity index (χ2v) is 6.60. The summed E-state index contributed by atoms with van der Waals surface area (Å²) in [5.41, 5.74) is 3.23. The number of hydrogen-bond acceptors (Lipinski definition) is 5. The first-order valence-corrected chi connectivity index (χ1v) is 8.63. The van der Waals surface area contributed by atoms with Crippen molar-refractivity contribution in [2.75, 3.05) is 13.1 Å². The summed E-state index contributed by atoms with van der Waals surface area (Å²) in [5.74, 6) is 0.559. The Morgan fingerprint density at radius 1 is 1.20 bits per heavy atom. The molecule has 0 unspecified atom stereocenters. The average Bonchev–Trinajstić information content (AvgIpc) is 3.11. The first-order chi connectivity index (χ1) is 12.2. The molecule has 0 saturated carbocycles. The van der Waals surface area contributed by atoms with E-state index >= 15 is 0 Å². The van der Waals surface area contributed by atoms with Crippen molar-refractivity contribution in [3.63, 3.8) is 0 Å². The summed E-state index contributed by atoms with van der Waals surface area (Å²) >= 11 is 0. The van der Waals surface area contributed by atoms with Gasteiger partial charge in [-0.15, -0.1) is 5.10 Å². The van der Waals surface area contributed by atoms with Crippen LogP contribution in [0.5, 0.6) is 5.88 Å². The fraction of sp³-hybridized carbons (Fsp3) is 0.421. The van der Waals surface area contributed by atoms with Crippen LogP contribution in [0.25, 0.3) is 0 Å². The Balaban J connectivity index is 1.35. The number of aryl methyl sites for hydroxylation is 1. The number of hydrogen-bond donors (Lipinski definition) is 0. The van der Waals surface area contributed by atoms with Crippen molar-refractivity contribution in [2.45, 2.75) is 38.6 Å². The molecule has 25 heavy (non-hydrogen) atoms. The number of rotatable bonds is 3. The molecule has 1 fully saturated rings. The maximum absolute atomic E-state index is 12.8. The van der Waals surface area contributed by atoms with Gasteiger partial charge in [0.15, 0.2) is 0 Å². The van der Waals surface area contributed by atoms with Gasteiger partial charge in [-0.3, -0.25) is 4.79 Å². The second-order valence-electron chi connectivity index (χ2n) is 6.60. The Bertz CT molecular complexity index is 763. The molecule has 6 heteroatoms. The van der Waals surface area contributed by atoms with Gasteiger partial charge < -0.3 is 14.4 Å². The third kappa shape index (κ3) is 3.49. The molecule has 2 atom stereocenters. The van der Waals surface area contributed by atoms with E-state index in [1.54, 1.807) is 0 Å². The zero-order valence-electron chi connectivity index (χ0n) is 14.2. The number of amides is 1.